The summed E-state index contributed by atoms with van der Waals surface area (Å²) in [5, 5.41) is -0.174. The van der Waals surface area contributed by atoms with Crippen molar-refractivity contribution in [1.29, 1.82) is 0 Å². The molecule has 0 aromatic heterocycles. The van der Waals surface area contributed by atoms with Crippen LogP contribution in [0, 0.1) is 0 Å². The van der Waals surface area contributed by atoms with Gasteiger partial charge < -0.3 is 0 Å². The number of carbonyl (C=O) groups is 2. The third kappa shape index (κ3) is 3.13. The third-order valence-corrected chi connectivity index (χ3v) is 4.50. The van der Waals surface area contributed by atoms with Crippen molar-refractivity contribution in [3.05, 3.63) is 35.4 Å². The highest BCUT2D eigenvalue weighted by molar-refractivity contribution is 6.24. The number of hydrogen-bond acceptors (Lipinski definition) is 2. The zero-order chi connectivity index (χ0) is 15.4. The predicted molar refractivity (Wildman–Crippen MR) is 84.8 cm³/mol. The quantitative estimate of drug-likeness (QED) is 0.558. The van der Waals surface area contributed by atoms with E-state index in [0.29, 0.717) is 11.1 Å². The van der Waals surface area contributed by atoms with Gasteiger partial charge in [0.05, 0.1) is 22.5 Å². The van der Waals surface area contributed by atoms with Crippen molar-refractivity contribution in [3.63, 3.8) is 0 Å². The van der Waals surface area contributed by atoms with E-state index in [-0.39, 0.29) is 23.2 Å². The van der Waals surface area contributed by atoms with E-state index in [1.54, 1.807) is 24.3 Å². The highest BCUT2D eigenvalue weighted by Gasteiger charge is 2.41. The molecule has 1 aromatic carbocycles. The summed E-state index contributed by atoms with van der Waals surface area (Å²) in [5.74, 6) is -0.396. The van der Waals surface area contributed by atoms with Crippen LogP contribution < -0.4 is 0 Å². The molecule has 3 nitrogen and oxygen atoms in total. The molecular formula is C17H22ClNO2. The lowest BCUT2D eigenvalue weighted by atomic mass is 10.0. The van der Waals surface area contributed by atoms with Crippen LogP contribution in [0.2, 0.25) is 0 Å². The predicted octanol–water partition coefficient (Wildman–Crippen LogP) is 4.25. The summed E-state index contributed by atoms with van der Waals surface area (Å²) in [6, 6.07) is 6.80. The van der Waals surface area contributed by atoms with E-state index in [1.807, 2.05) is 0 Å². The largest absolute Gasteiger partial charge is 0.270 e. The molecule has 0 saturated carbocycles. The second kappa shape index (κ2) is 7.08. The number of carbonyl (C=O) groups excluding carboxylic acids is 2. The summed E-state index contributed by atoms with van der Waals surface area (Å²) in [7, 11) is 0. The molecule has 1 aliphatic heterocycles. The van der Waals surface area contributed by atoms with Crippen molar-refractivity contribution in [1.82, 2.24) is 4.90 Å². The monoisotopic (exact) mass is 307 g/mol. The standard InChI is InChI=1S/C17H22ClNO2/c1-3-5-11-14(18)15(8-4-2)19-16(20)12-9-6-7-10-13(12)17(19)21/h6-7,9-10,14-15H,3-5,8,11H2,1-2H3. The van der Waals surface area contributed by atoms with Crippen molar-refractivity contribution in [2.75, 3.05) is 0 Å². The lowest BCUT2D eigenvalue weighted by molar-refractivity contribution is 0.0568. The number of benzene rings is 1. The van der Waals surface area contributed by atoms with Gasteiger partial charge >= 0.3 is 0 Å². The molecule has 2 rings (SSSR count). The molecule has 0 N–H and O–H groups in total. The maximum atomic E-state index is 12.5. The normalized spacial score (nSPS) is 17.0. The van der Waals surface area contributed by atoms with Crippen LogP contribution in [0.4, 0.5) is 0 Å². The average molecular weight is 308 g/mol. The van der Waals surface area contributed by atoms with Gasteiger partial charge in [-0.05, 0) is 25.0 Å². The summed E-state index contributed by atoms with van der Waals surface area (Å²) in [6.07, 6.45) is 4.55. The highest BCUT2D eigenvalue weighted by atomic mass is 35.5. The summed E-state index contributed by atoms with van der Waals surface area (Å²) < 4.78 is 0. The molecule has 1 aromatic rings. The first-order valence-corrected chi connectivity index (χ1v) is 8.16. The first-order chi connectivity index (χ1) is 10.1. The van der Waals surface area contributed by atoms with E-state index in [9.17, 15) is 9.59 Å². The molecule has 0 fully saturated rings. The number of hydrogen-bond donors (Lipinski definition) is 0. The van der Waals surface area contributed by atoms with Gasteiger partial charge in [-0.2, -0.15) is 0 Å². The maximum absolute atomic E-state index is 12.5. The van der Waals surface area contributed by atoms with Gasteiger partial charge in [0.2, 0.25) is 0 Å². The fourth-order valence-electron chi connectivity index (χ4n) is 2.87. The van der Waals surface area contributed by atoms with Crippen molar-refractivity contribution in [2.45, 2.75) is 57.4 Å². The van der Waals surface area contributed by atoms with Crippen LogP contribution in [0.3, 0.4) is 0 Å². The van der Waals surface area contributed by atoms with Gasteiger partial charge in [-0.3, -0.25) is 14.5 Å². The van der Waals surface area contributed by atoms with E-state index in [2.05, 4.69) is 13.8 Å². The third-order valence-electron chi connectivity index (χ3n) is 3.99. The van der Waals surface area contributed by atoms with Gasteiger partial charge in [0.1, 0.15) is 0 Å². The second-order valence-corrected chi connectivity index (χ2v) is 6.10. The Hall–Kier alpha value is -1.35. The fourth-order valence-corrected chi connectivity index (χ4v) is 3.26. The molecule has 0 saturated heterocycles. The maximum Gasteiger partial charge on any atom is 0.261 e. The number of unbranched alkanes of at least 4 members (excludes halogenated alkanes) is 1. The number of amides is 2. The van der Waals surface area contributed by atoms with Gasteiger partial charge in [-0.25, -0.2) is 0 Å². The number of halogens is 1. The molecule has 1 heterocycles. The molecule has 0 aliphatic carbocycles. The SMILES string of the molecule is CCCCC(Cl)C(CCC)N1C(=O)c2ccccc2C1=O. The van der Waals surface area contributed by atoms with E-state index < -0.39 is 0 Å². The van der Waals surface area contributed by atoms with Crippen LogP contribution in [-0.4, -0.2) is 28.1 Å². The lowest BCUT2D eigenvalue weighted by Gasteiger charge is -2.30. The number of imide groups is 1. The summed E-state index contributed by atoms with van der Waals surface area (Å²) in [4.78, 5) is 26.5. The minimum atomic E-state index is -0.212. The summed E-state index contributed by atoms with van der Waals surface area (Å²) in [6.45, 7) is 4.16. The Labute approximate surface area is 131 Å². The second-order valence-electron chi connectivity index (χ2n) is 5.54. The number of fused-ring (bicyclic) bond motifs is 1. The van der Waals surface area contributed by atoms with Crippen LogP contribution in [0.25, 0.3) is 0 Å². The molecule has 2 amide bonds. The van der Waals surface area contributed by atoms with Crippen molar-refractivity contribution < 1.29 is 9.59 Å². The zero-order valence-corrected chi connectivity index (χ0v) is 13.4. The van der Waals surface area contributed by atoms with Crippen LogP contribution in [0.5, 0.6) is 0 Å². The molecule has 0 radical (unpaired) electrons. The van der Waals surface area contributed by atoms with Gasteiger partial charge in [-0.1, -0.05) is 45.2 Å². The Balaban J connectivity index is 2.26. The molecular weight excluding hydrogens is 286 g/mol. The van der Waals surface area contributed by atoms with Gasteiger partial charge in [-0.15, -0.1) is 11.6 Å². The minimum Gasteiger partial charge on any atom is -0.270 e. The highest BCUT2D eigenvalue weighted by Crippen LogP contribution is 2.30. The van der Waals surface area contributed by atoms with Gasteiger partial charge in [0, 0.05) is 0 Å². The van der Waals surface area contributed by atoms with E-state index in [4.69, 9.17) is 11.6 Å². The van der Waals surface area contributed by atoms with E-state index >= 15 is 0 Å². The molecule has 114 valence electrons. The van der Waals surface area contributed by atoms with Crippen molar-refractivity contribution >= 4 is 23.4 Å². The van der Waals surface area contributed by atoms with Crippen LogP contribution in [0.1, 0.15) is 66.7 Å². The number of alkyl halides is 1. The molecule has 2 atom stereocenters. The number of rotatable bonds is 7. The molecule has 21 heavy (non-hydrogen) atoms. The van der Waals surface area contributed by atoms with Gasteiger partial charge in [0.15, 0.2) is 0 Å². The first kappa shape index (κ1) is 16.0. The van der Waals surface area contributed by atoms with Crippen molar-refractivity contribution in [3.8, 4) is 0 Å². The van der Waals surface area contributed by atoms with Gasteiger partial charge in [0.25, 0.3) is 11.8 Å². The Kier molecular flexibility index (Phi) is 5.40. The minimum absolute atomic E-state index is 0.174. The molecule has 4 heteroatoms. The lowest BCUT2D eigenvalue weighted by Crippen LogP contribution is -2.45. The molecule has 0 spiro atoms. The fraction of sp³-hybridized carbons (Fsp3) is 0.529. The Morgan fingerprint density at radius 3 is 2.05 bits per heavy atom. The summed E-state index contributed by atoms with van der Waals surface area (Å²) in [5.41, 5.74) is 1.01. The van der Waals surface area contributed by atoms with Crippen molar-refractivity contribution in [2.24, 2.45) is 0 Å². The Bertz CT molecular complexity index is 494. The van der Waals surface area contributed by atoms with Crippen LogP contribution >= 0.6 is 11.6 Å². The van der Waals surface area contributed by atoms with Crippen LogP contribution in [0.15, 0.2) is 24.3 Å². The van der Waals surface area contributed by atoms with E-state index in [0.717, 1.165) is 32.1 Å². The zero-order valence-electron chi connectivity index (χ0n) is 12.6. The topological polar surface area (TPSA) is 37.4 Å². The first-order valence-electron chi connectivity index (χ1n) is 7.72. The molecule has 1 aliphatic rings. The molecule has 2 unspecified atom stereocenters. The Morgan fingerprint density at radius 2 is 1.57 bits per heavy atom. The Morgan fingerprint density at radius 1 is 1.00 bits per heavy atom. The average Bonchev–Trinajstić information content (AvgIpc) is 2.75. The summed E-state index contributed by atoms with van der Waals surface area (Å²) >= 11 is 6.51. The molecule has 0 bridgehead atoms. The number of nitrogens with zero attached hydrogens (tertiary/aromatic N) is 1. The van der Waals surface area contributed by atoms with E-state index in [1.165, 1.54) is 4.90 Å². The van der Waals surface area contributed by atoms with Crippen LogP contribution in [-0.2, 0) is 0 Å². The smallest absolute Gasteiger partial charge is 0.261 e.